The van der Waals surface area contributed by atoms with Gasteiger partial charge in [-0.2, -0.15) is 0 Å². The lowest BCUT2D eigenvalue weighted by atomic mass is 10.5. The first-order chi connectivity index (χ1) is 5.83. The Labute approximate surface area is 77.2 Å². The fourth-order valence-electron chi connectivity index (χ4n) is 0.912. The summed E-state index contributed by atoms with van der Waals surface area (Å²) in [5.74, 6) is 0. The van der Waals surface area contributed by atoms with Gasteiger partial charge in [-0.15, -0.1) is 11.3 Å². The summed E-state index contributed by atoms with van der Waals surface area (Å²) in [5.41, 5.74) is 0. The van der Waals surface area contributed by atoms with Gasteiger partial charge in [0, 0.05) is 30.7 Å². The van der Waals surface area contributed by atoms with Crippen molar-refractivity contribution in [3.8, 4) is 0 Å². The summed E-state index contributed by atoms with van der Waals surface area (Å²) < 4.78 is 0. The molecule has 0 spiro atoms. The van der Waals surface area contributed by atoms with E-state index in [0.717, 1.165) is 24.6 Å². The first-order valence-corrected chi connectivity index (χ1v) is 4.91. The second-order valence-corrected chi connectivity index (χ2v) is 3.95. The standard InChI is InChI=1S/C8H15N3S/c1-7-11-6-8(12-7)5-10-4-3-9-2/h6,9-10H,3-5H2,1-2H3. The Morgan fingerprint density at radius 2 is 2.33 bits per heavy atom. The molecule has 0 saturated carbocycles. The number of nitrogens with one attached hydrogen (secondary N) is 2. The monoisotopic (exact) mass is 185 g/mol. The first-order valence-electron chi connectivity index (χ1n) is 4.09. The quantitative estimate of drug-likeness (QED) is 0.665. The van der Waals surface area contributed by atoms with Crippen molar-refractivity contribution in [1.82, 2.24) is 15.6 Å². The van der Waals surface area contributed by atoms with Gasteiger partial charge in [0.25, 0.3) is 0 Å². The normalized spacial score (nSPS) is 10.5. The van der Waals surface area contributed by atoms with Crippen LogP contribution in [0.15, 0.2) is 6.20 Å². The van der Waals surface area contributed by atoms with Crippen LogP contribution in [0.1, 0.15) is 9.88 Å². The van der Waals surface area contributed by atoms with E-state index in [0.29, 0.717) is 0 Å². The van der Waals surface area contributed by atoms with Crippen molar-refractivity contribution in [2.24, 2.45) is 0 Å². The van der Waals surface area contributed by atoms with Crippen LogP contribution in [0, 0.1) is 6.92 Å². The molecule has 1 aromatic heterocycles. The van der Waals surface area contributed by atoms with Gasteiger partial charge in [0.15, 0.2) is 0 Å². The molecule has 12 heavy (non-hydrogen) atoms. The number of thiazole rings is 1. The first kappa shape index (κ1) is 9.64. The topological polar surface area (TPSA) is 37.0 Å². The second-order valence-electron chi connectivity index (χ2n) is 2.63. The SMILES string of the molecule is CNCCNCc1cnc(C)s1. The number of aromatic nitrogens is 1. The van der Waals surface area contributed by atoms with Gasteiger partial charge in [-0.3, -0.25) is 0 Å². The van der Waals surface area contributed by atoms with E-state index in [1.54, 1.807) is 11.3 Å². The van der Waals surface area contributed by atoms with Gasteiger partial charge in [-0.05, 0) is 14.0 Å². The van der Waals surface area contributed by atoms with Crippen molar-refractivity contribution in [2.75, 3.05) is 20.1 Å². The Morgan fingerprint density at radius 1 is 1.50 bits per heavy atom. The fourth-order valence-corrected chi connectivity index (χ4v) is 1.68. The minimum Gasteiger partial charge on any atom is -0.318 e. The Bertz CT molecular complexity index is 222. The summed E-state index contributed by atoms with van der Waals surface area (Å²) in [6.07, 6.45) is 1.94. The summed E-state index contributed by atoms with van der Waals surface area (Å²) in [6.45, 7) is 4.99. The number of nitrogens with zero attached hydrogens (tertiary/aromatic N) is 1. The van der Waals surface area contributed by atoms with E-state index in [4.69, 9.17) is 0 Å². The zero-order valence-electron chi connectivity index (χ0n) is 7.55. The maximum atomic E-state index is 4.18. The predicted octanol–water partition coefficient (Wildman–Crippen LogP) is 0.761. The van der Waals surface area contributed by atoms with Gasteiger partial charge >= 0.3 is 0 Å². The smallest absolute Gasteiger partial charge is 0.0897 e. The van der Waals surface area contributed by atoms with Crippen molar-refractivity contribution in [3.05, 3.63) is 16.1 Å². The lowest BCUT2D eigenvalue weighted by molar-refractivity contribution is 0.655. The molecule has 0 saturated heterocycles. The average molecular weight is 185 g/mol. The predicted molar refractivity (Wildman–Crippen MR) is 52.5 cm³/mol. The Morgan fingerprint density at radius 3 is 2.92 bits per heavy atom. The third-order valence-corrected chi connectivity index (χ3v) is 2.43. The minimum absolute atomic E-state index is 0.938. The van der Waals surface area contributed by atoms with E-state index < -0.39 is 0 Å². The highest BCUT2D eigenvalue weighted by Gasteiger charge is 1.95. The lowest BCUT2D eigenvalue weighted by Gasteiger charge is -2.00. The Balaban J connectivity index is 2.15. The third-order valence-electron chi connectivity index (χ3n) is 1.52. The Hall–Kier alpha value is -0.450. The summed E-state index contributed by atoms with van der Waals surface area (Å²) in [5, 5.41) is 7.55. The molecule has 1 rings (SSSR count). The van der Waals surface area contributed by atoms with Crippen LogP contribution in [0.4, 0.5) is 0 Å². The van der Waals surface area contributed by atoms with Crippen LogP contribution >= 0.6 is 11.3 Å². The molecule has 0 radical (unpaired) electrons. The number of hydrogen-bond acceptors (Lipinski definition) is 4. The average Bonchev–Trinajstić information content (AvgIpc) is 2.45. The van der Waals surface area contributed by atoms with E-state index in [1.807, 2.05) is 20.2 Å². The van der Waals surface area contributed by atoms with E-state index in [9.17, 15) is 0 Å². The highest BCUT2D eigenvalue weighted by molar-refractivity contribution is 7.11. The van der Waals surface area contributed by atoms with Gasteiger partial charge in [0.1, 0.15) is 0 Å². The second kappa shape index (κ2) is 5.24. The molecule has 3 nitrogen and oxygen atoms in total. The molecule has 2 N–H and O–H groups in total. The molecule has 4 heteroatoms. The molecule has 68 valence electrons. The zero-order valence-corrected chi connectivity index (χ0v) is 8.37. The number of hydrogen-bond donors (Lipinski definition) is 2. The van der Waals surface area contributed by atoms with Crippen LogP contribution < -0.4 is 10.6 Å². The van der Waals surface area contributed by atoms with Gasteiger partial charge in [-0.1, -0.05) is 0 Å². The summed E-state index contributed by atoms with van der Waals surface area (Å²) in [6, 6.07) is 0. The molecular formula is C8H15N3S. The molecule has 0 aliphatic rings. The van der Waals surface area contributed by atoms with Crippen LogP contribution in [0.3, 0.4) is 0 Å². The molecule has 0 unspecified atom stereocenters. The lowest BCUT2D eigenvalue weighted by Crippen LogP contribution is -2.24. The minimum atomic E-state index is 0.938. The highest BCUT2D eigenvalue weighted by Crippen LogP contribution is 2.10. The molecule has 0 atom stereocenters. The summed E-state index contributed by atoms with van der Waals surface area (Å²) in [7, 11) is 1.96. The molecule has 0 aromatic carbocycles. The third kappa shape index (κ3) is 3.30. The van der Waals surface area contributed by atoms with Crippen LogP contribution in [-0.2, 0) is 6.54 Å². The van der Waals surface area contributed by atoms with Crippen molar-refractivity contribution >= 4 is 11.3 Å². The molecule has 0 fully saturated rings. The van der Waals surface area contributed by atoms with Crippen LogP contribution in [0.2, 0.25) is 0 Å². The molecule has 0 bridgehead atoms. The number of likely N-dealkylation sites (N-methyl/N-ethyl adjacent to an activating group) is 1. The van der Waals surface area contributed by atoms with Crippen LogP contribution in [0.25, 0.3) is 0 Å². The fraction of sp³-hybridized carbons (Fsp3) is 0.625. The van der Waals surface area contributed by atoms with Crippen molar-refractivity contribution in [1.29, 1.82) is 0 Å². The van der Waals surface area contributed by atoms with Crippen molar-refractivity contribution in [3.63, 3.8) is 0 Å². The van der Waals surface area contributed by atoms with E-state index in [2.05, 4.69) is 15.6 Å². The molecule has 1 heterocycles. The van der Waals surface area contributed by atoms with Gasteiger partial charge in [-0.25, -0.2) is 4.98 Å². The summed E-state index contributed by atoms with van der Waals surface area (Å²) >= 11 is 1.75. The van der Waals surface area contributed by atoms with E-state index in [1.165, 1.54) is 4.88 Å². The highest BCUT2D eigenvalue weighted by atomic mass is 32.1. The maximum Gasteiger partial charge on any atom is 0.0897 e. The van der Waals surface area contributed by atoms with Gasteiger partial charge < -0.3 is 10.6 Å². The Kier molecular flexibility index (Phi) is 4.21. The maximum absolute atomic E-state index is 4.18. The number of rotatable bonds is 5. The van der Waals surface area contributed by atoms with Gasteiger partial charge in [0.05, 0.1) is 5.01 Å². The molecular weight excluding hydrogens is 170 g/mol. The molecule has 0 aliphatic heterocycles. The molecule has 1 aromatic rings. The van der Waals surface area contributed by atoms with Crippen LogP contribution in [0.5, 0.6) is 0 Å². The van der Waals surface area contributed by atoms with E-state index >= 15 is 0 Å². The van der Waals surface area contributed by atoms with Crippen molar-refractivity contribution < 1.29 is 0 Å². The molecule has 0 aliphatic carbocycles. The number of aryl methyl sites for hydroxylation is 1. The summed E-state index contributed by atoms with van der Waals surface area (Å²) in [4.78, 5) is 5.49. The largest absolute Gasteiger partial charge is 0.318 e. The van der Waals surface area contributed by atoms with Crippen molar-refractivity contribution in [2.45, 2.75) is 13.5 Å². The van der Waals surface area contributed by atoms with E-state index in [-0.39, 0.29) is 0 Å². The van der Waals surface area contributed by atoms with Gasteiger partial charge in [0.2, 0.25) is 0 Å². The van der Waals surface area contributed by atoms with Crippen LogP contribution in [-0.4, -0.2) is 25.1 Å². The zero-order chi connectivity index (χ0) is 8.81. The molecule has 0 amide bonds.